The number of methoxy groups -OCH3 is 1. The number of benzene rings is 3. The normalized spacial score (nSPS) is 11.1. The highest BCUT2D eigenvalue weighted by atomic mass is 16.5. The Morgan fingerprint density at radius 3 is 2.76 bits per heavy atom. The molecule has 0 aliphatic heterocycles. The molecule has 4 rings (SSSR count). The summed E-state index contributed by atoms with van der Waals surface area (Å²) in [6.07, 6.45) is 1.61. The van der Waals surface area contributed by atoms with Crippen molar-refractivity contribution in [1.29, 1.82) is 5.26 Å². The van der Waals surface area contributed by atoms with Gasteiger partial charge in [-0.15, -0.1) is 0 Å². The van der Waals surface area contributed by atoms with Gasteiger partial charge in [-0.05, 0) is 55.0 Å². The third kappa shape index (κ3) is 5.20. The number of oxazole rings is 1. The van der Waals surface area contributed by atoms with Crippen molar-refractivity contribution < 1.29 is 18.7 Å². The van der Waals surface area contributed by atoms with E-state index >= 15 is 0 Å². The molecule has 33 heavy (non-hydrogen) atoms. The summed E-state index contributed by atoms with van der Waals surface area (Å²) in [5.74, 6) is 0.842. The standard InChI is InChI=1S/C26H21N3O4/c1-17-6-5-7-20(12-17)28-25(30)16-32-24-14-21(31-2)11-10-18(24)13-19(15-27)26-29-22-8-3-4-9-23(22)33-26/h3-14H,16H2,1-2H3,(H,28,30)/b19-13+. The summed E-state index contributed by atoms with van der Waals surface area (Å²) in [4.78, 5) is 16.8. The number of aromatic nitrogens is 1. The number of para-hydroxylation sites is 2. The summed E-state index contributed by atoms with van der Waals surface area (Å²) < 4.78 is 16.8. The van der Waals surface area contributed by atoms with Gasteiger partial charge < -0.3 is 19.2 Å². The van der Waals surface area contributed by atoms with Crippen molar-refractivity contribution in [1.82, 2.24) is 4.98 Å². The average molecular weight is 439 g/mol. The Balaban J connectivity index is 1.58. The quantitative estimate of drug-likeness (QED) is 0.396. The maximum absolute atomic E-state index is 12.4. The second-order valence-electron chi connectivity index (χ2n) is 7.27. The first-order valence-corrected chi connectivity index (χ1v) is 10.2. The molecule has 4 aromatic rings. The van der Waals surface area contributed by atoms with Gasteiger partial charge >= 0.3 is 0 Å². The van der Waals surface area contributed by atoms with E-state index in [0.29, 0.717) is 33.8 Å². The molecule has 164 valence electrons. The molecule has 0 unspecified atom stereocenters. The maximum Gasteiger partial charge on any atom is 0.262 e. The minimum absolute atomic E-state index is 0.206. The van der Waals surface area contributed by atoms with Crippen LogP contribution in [0, 0.1) is 18.3 Å². The lowest BCUT2D eigenvalue weighted by atomic mass is 10.1. The highest BCUT2D eigenvalue weighted by Crippen LogP contribution is 2.29. The second kappa shape index (κ2) is 9.71. The zero-order valence-corrected chi connectivity index (χ0v) is 18.2. The molecule has 7 heteroatoms. The van der Waals surface area contributed by atoms with E-state index in [1.807, 2.05) is 49.4 Å². The van der Waals surface area contributed by atoms with Crippen LogP contribution >= 0.6 is 0 Å². The van der Waals surface area contributed by atoms with Gasteiger partial charge in [-0.1, -0.05) is 24.3 Å². The van der Waals surface area contributed by atoms with E-state index in [1.165, 1.54) is 7.11 Å². The highest BCUT2D eigenvalue weighted by Gasteiger charge is 2.14. The summed E-state index contributed by atoms with van der Waals surface area (Å²) in [7, 11) is 1.54. The van der Waals surface area contributed by atoms with E-state index in [-0.39, 0.29) is 24.0 Å². The molecule has 0 fully saturated rings. The van der Waals surface area contributed by atoms with Crippen LogP contribution in [-0.2, 0) is 4.79 Å². The van der Waals surface area contributed by atoms with Gasteiger partial charge in [0.1, 0.15) is 28.7 Å². The molecule has 1 aromatic heterocycles. The number of allylic oxidation sites excluding steroid dienone is 1. The number of hydrogen-bond acceptors (Lipinski definition) is 6. The van der Waals surface area contributed by atoms with Gasteiger partial charge in [-0.3, -0.25) is 4.79 Å². The van der Waals surface area contributed by atoms with Crippen LogP contribution in [-0.4, -0.2) is 24.6 Å². The largest absolute Gasteiger partial charge is 0.497 e. The lowest BCUT2D eigenvalue weighted by Gasteiger charge is -2.12. The average Bonchev–Trinajstić information content (AvgIpc) is 3.25. The third-order valence-corrected chi connectivity index (χ3v) is 4.83. The molecular weight excluding hydrogens is 418 g/mol. The zero-order chi connectivity index (χ0) is 23.2. The molecule has 1 N–H and O–H groups in total. The lowest BCUT2D eigenvalue weighted by Crippen LogP contribution is -2.20. The number of amides is 1. The van der Waals surface area contributed by atoms with Crippen LogP contribution in [0.5, 0.6) is 11.5 Å². The van der Waals surface area contributed by atoms with Crippen LogP contribution in [0.1, 0.15) is 17.0 Å². The van der Waals surface area contributed by atoms with Gasteiger partial charge in [0.2, 0.25) is 5.89 Å². The molecule has 0 radical (unpaired) electrons. The van der Waals surface area contributed by atoms with E-state index in [2.05, 4.69) is 16.4 Å². The maximum atomic E-state index is 12.4. The molecule has 0 bridgehead atoms. The summed E-state index contributed by atoms with van der Waals surface area (Å²) in [6.45, 7) is 1.73. The van der Waals surface area contributed by atoms with Crippen molar-refractivity contribution in [2.75, 3.05) is 19.0 Å². The number of carbonyl (C=O) groups excluding carboxylic acids is 1. The van der Waals surface area contributed by atoms with Crippen molar-refractivity contribution in [2.24, 2.45) is 0 Å². The van der Waals surface area contributed by atoms with Crippen molar-refractivity contribution in [3.05, 3.63) is 83.7 Å². The lowest BCUT2D eigenvalue weighted by molar-refractivity contribution is -0.118. The molecule has 0 saturated carbocycles. The topological polar surface area (TPSA) is 97.4 Å². The molecule has 0 saturated heterocycles. The number of aryl methyl sites for hydroxylation is 1. The van der Waals surface area contributed by atoms with Crippen molar-refractivity contribution >= 4 is 34.3 Å². The predicted octanol–water partition coefficient (Wildman–Crippen LogP) is 5.23. The molecular formula is C26H21N3O4. The smallest absolute Gasteiger partial charge is 0.262 e. The van der Waals surface area contributed by atoms with Crippen LogP contribution in [0.3, 0.4) is 0 Å². The fraction of sp³-hybridized carbons (Fsp3) is 0.115. The van der Waals surface area contributed by atoms with Crippen molar-refractivity contribution in [2.45, 2.75) is 6.92 Å². The fourth-order valence-corrected chi connectivity index (χ4v) is 3.23. The number of fused-ring (bicyclic) bond motifs is 1. The first-order valence-electron chi connectivity index (χ1n) is 10.2. The molecule has 0 aliphatic carbocycles. The Hall–Kier alpha value is -4.57. The number of nitriles is 1. The number of nitrogens with zero attached hydrogens (tertiary/aromatic N) is 2. The van der Waals surface area contributed by atoms with Crippen molar-refractivity contribution in [3.63, 3.8) is 0 Å². The fourth-order valence-electron chi connectivity index (χ4n) is 3.23. The molecule has 7 nitrogen and oxygen atoms in total. The monoisotopic (exact) mass is 439 g/mol. The Labute approximate surface area is 190 Å². The van der Waals surface area contributed by atoms with E-state index in [1.54, 1.807) is 30.3 Å². The second-order valence-corrected chi connectivity index (χ2v) is 7.27. The summed E-state index contributed by atoms with van der Waals surface area (Å²) >= 11 is 0. The van der Waals surface area contributed by atoms with Crippen LogP contribution in [0.4, 0.5) is 5.69 Å². The van der Waals surface area contributed by atoms with Gasteiger partial charge in [-0.2, -0.15) is 5.26 Å². The number of rotatable bonds is 7. The van der Waals surface area contributed by atoms with E-state index in [0.717, 1.165) is 5.56 Å². The van der Waals surface area contributed by atoms with Gasteiger partial charge in [0.15, 0.2) is 12.2 Å². The number of ether oxygens (including phenoxy) is 2. The summed E-state index contributed by atoms with van der Waals surface area (Å²) in [6, 6.07) is 22.1. The molecule has 0 aliphatic rings. The van der Waals surface area contributed by atoms with Crippen LogP contribution in [0.2, 0.25) is 0 Å². The van der Waals surface area contributed by atoms with Crippen LogP contribution in [0.15, 0.2) is 71.1 Å². The summed E-state index contributed by atoms with van der Waals surface area (Å²) in [5.41, 5.74) is 3.79. The molecule has 0 atom stereocenters. The Morgan fingerprint density at radius 2 is 2.00 bits per heavy atom. The first kappa shape index (κ1) is 21.7. The predicted molar refractivity (Wildman–Crippen MR) is 126 cm³/mol. The summed E-state index contributed by atoms with van der Waals surface area (Å²) in [5, 5.41) is 12.5. The molecule has 1 amide bonds. The van der Waals surface area contributed by atoms with Gasteiger partial charge in [0.05, 0.1) is 7.11 Å². The number of nitrogens with one attached hydrogen (secondary N) is 1. The number of carbonyl (C=O) groups is 1. The minimum atomic E-state index is -0.308. The van der Waals surface area contributed by atoms with Crippen LogP contribution in [0.25, 0.3) is 22.7 Å². The molecule has 0 spiro atoms. The third-order valence-electron chi connectivity index (χ3n) is 4.83. The van der Waals surface area contributed by atoms with E-state index in [9.17, 15) is 10.1 Å². The van der Waals surface area contributed by atoms with Crippen molar-refractivity contribution in [3.8, 4) is 17.6 Å². The number of hydrogen-bond donors (Lipinski definition) is 1. The van der Waals surface area contributed by atoms with Crippen LogP contribution < -0.4 is 14.8 Å². The first-order chi connectivity index (χ1) is 16.1. The molecule has 1 heterocycles. The van der Waals surface area contributed by atoms with E-state index in [4.69, 9.17) is 13.9 Å². The Morgan fingerprint density at radius 1 is 1.15 bits per heavy atom. The number of anilines is 1. The Bertz CT molecular complexity index is 1350. The Kier molecular flexibility index (Phi) is 6.37. The van der Waals surface area contributed by atoms with Gasteiger partial charge in [0.25, 0.3) is 5.91 Å². The highest BCUT2D eigenvalue weighted by molar-refractivity contribution is 5.92. The SMILES string of the molecule is COc1ccc(/C=C(\C#N)c2nc3ccccc3o2)c(OCC(=O)Nc2cccc(C)c2)c1. The zero-order valence-electron chi connectivity index (χ0n) is 18.2. The van der Waals surface area contributed by atoms with Gasteiger partial charge in [-0.25, -0.2) is 4.98 Å². The van der Waals surface area contributed by atoms with Gasteiger partial charge in [0, 0.05) is 17.3 Å². The minimum Gasteiger partial charge on any atom is -0.497 e. The molecule has 3 aromatic carbocycles. The van der Waals surface area contributed by atoms with E-state index < -0.39 is 0 Å².